The first-order valence-corrected chi connectivity index (χ1v) is 8.38. The molecule has 1 aromatic carbocycles. The van der Waals surface area contributed by atoms with E-state index >= 15 is 0 Å². The van der Waals surface area contributed by atoms with Gasteiger partial charge in [-0.05, 0) is 12.8 Å². The summed E-state index contributed by atoms with van der Waals surface area (Å²) in [5, 5.41) is 0. The molecule has 0 atom stereocenters. The molecular formula is C19H26N4. The highest BCUT2D eigenvalue weighted by Crippen LogP contribution is 2.32. The van der Waals surface area contributed by atoms with Gasteiger partial charge in [0, 0.05) is 30.1 Å². The monoisotopic (exact) mass is 310 g/mol. The summed E-state index contributed by atoms with van der Waals surface area (Å²) in [7, 11) is 0. The number of anilines is 1. The third-order valence-corrected chi connectivity index (χ3v) is 4.37. The summed E-state index contributed by atoms with van der Waals surface area (Å²) >= 11 is 0. The molecule has 0 aliphatic carbocycles. The van der Waals surface area contributed by atoms with Gasteiger partial charge in [0.05, 0.1) is 17.6 Å². The van der Waals surface area contributed by atoms with Crippen molar-refractivity contribution in [2.75, 3.05) is 18.0 Å². The van der Waals surface area contributed by atoms with Crippen molar-refractivity contribution < 1.29 is 0 Å². The fourth-order valence-corrected chi connectivity index (χ4v) is 2.92. The molecule has 23 heavy (non-hydrogen) atoms. The highest BCUT2D eigenvalue weighted by Gasteiger charge is 2.24. The first-order valence-electron chi connectivity index (χ1n) is 8.38. The number of hydrogen-bond acceptors (Lipinski definition) is 4. The zero-order valence-electron chi connectivity index (χ0n) is 14.3. The Morgan fingerprint density at radius 2 is 1.74 bits per heavy atom. The average Bonchev–Trinajstić information content (AvgIpc) is 2.55. The van der Waals surface area contributed by atoms with Gasteiger partial charge in [-0.3, -0.25) is 0 Å². The van der Waals surface area contributed by atoms with Crippen LogP contribution in [0.15, 0.2) is 36.5 Å². The molecule has 0 amide bonds. The van der Waals surface area contributed by atoms with Gasteiger partial charge in [-0.1, -0.05) is 51.1 Å². The van der Waals surface area contributed by atoms with Gasteiger partial charge in [0.15, 0.2) is 0 Å². The molecule has 0 bridgehead atoms. The average molecular weight is 310 g/mol. The smallest absolute Gasteiger partial charge is 0.134 e. The van der Waals surface area contributed by atoms with E-state index in [4.69, 9.17) is 10.7 Å². The Hall–Kier alpha value is -1.94. The zero-order valence-corrected chi connectivity index (χ0v) is 14.3. The first kappa shape index (κ1) is 15.9. The van der Waals surface area contributed by atoms with Crippen LogP contribution in [-0.4, -0.2) is 29.1 Å². The molecule has 0 spiro atoms. The van der Waals surface area contributed by atoms with Gasteiger partial charge in [0.1, 0.15) is 5.82 Å². The third kappa shape index (κ3) is 3.53. The largest absolute Gasteiger partial charge is 0.368 e. The molecule has 1 aliphatic heterocycles. The van der Waals surface area contributed by atoms with E-state index < -0.39 is 0 Å². The van der Waals surface area contributed by atoms with E-state index in [2.05, 4.69) is 54.9 Å². The quantitative estimate of drug-likeness (QED) is 0.924. The summed E-state index contributed by atoms with van der Waals surface area (Å²) in [6, 6.07) is 10.7. The minimum atomic E-state index is -0.0632. The molecule has 2 aromatic rings. The zero-order chi connectivity index (χ0) is 16.4. The molecule has 0 saturated carbocycles. The first-order chi connectivity index (χ1) is 10.9. The van der Waals surface area contributed by atoms with Crippen LogP contribution in [0, 0.1) is 0 Å². The topological polar surface area (TPSA) is 55.0 Å². The maximum atomic E-state index is 6.05. The lowest BCUT2D eigenvalue weighted by molar-refractivity contribution is 0.499. The van der Waals surface area contributed by atoms with Crippen molar-refractivity contribution >= 4 is 5.69 Å². The van der Waals surface area contributed by atoms with Crippen LogP contribution in [-0.2, 0) is 5.41 Å². The van der Waals surface area contributed by atoms with E-state index in [0.717, 1.165) is 48.7 Å². The summed E-state index contributed by atoms with van der Waals surface area (Å²) in [6.45, 7) is 8.39. The van der Waals surface area contributed by atoms with Crippen molar-refractivity contribution in [1.82, 2.24) is 9.97 Å². The van der Waals surface area contributed by atoms with E-state index in [1.165, 1.54) is 0 Å². The maximum Gasteiger partial charge on any atom is 0.134 e. The molecule has 0 radical (unpaired) electrons. The molecular weight excluding hydrogens is 284 g/mol. The summed E-state index contributed by atoms with van der Waals surface area (Å²) in [4.78, 5) is 11.9. The molecule has 0 unspecified atom stereocenters. The second-order valence-corrected chi connectivity index (χ2v) is 7.37. The normalized spacial score (nSPS) is 16.6. The van der Waals surface area contributed by atoms with E-state index in [1.54, 1.807) is 0 Å². The number of rotatable bonds is 2. The predicted molar refractivity (Wildman–Crippen MR) is 95.6 cm³/mol. The third-order valence-electron chi connectivity index (χ3n) is 4.37. The van der Waals surface area contributed by atoms with Crippen LogP contribution in [0.5, 0.6) is 0 Å². The lowest BCUT2D eigenvalue weighted by atomic mass is 9.95. The van der Waals surface area contributed by atoms with Crippen molar-refractivity contribution in [3.63, 3.8) is 0 Å². The van der Waals surface area contributed by atoms with Crippen molar-refractivity contribution in [3.05, 3.63) is 42.4 Å². The fourth-order valence-electron chi connectivity index (χ4n) is 2.92. The van der Waals surface area contributed by atoms with Crippen molar-refractivity contribution in [3.8, 4) is 11.3 Å². The molecule has 1 fully saturated rings. The van der Waals surface area contributed by atoms with Crippen LogP contribution >= 0.6 is 0 Å². The van der Waals surface area contributed by atoms with Crippen LogP contribution in [0.3, 0.4) is 0 Å². The molecule has 1 aliphatic rings. The molecule has 2 N–H and O–H groups in total. The van der Waals surface area contributed by atoms with Gasteiger partial charge in [0.2, 0.25) is 0 Å². The molecule has 122 valence electrons. The van der Waals surface area contributed by atoms with E-state index in [9.17, 15) is 0 Å². The van der Waals surface area contributed by atoms with Crippen LogP contribution < -0.4 is 10.6 Å². The molecule has 1 aromatic heterocycles. The van der Waals surface area contributed by atoms with Gasteiger partial charge >= 0.3 is 0 Å². The lowest BCUT2D eigenvalue weighted by Gasteiger charge is -2.33. The summed E-state index contributed by atoms with van der Waals surface area (Å²) in [5.74, 6) is 0.883. The molecule has 4 heteroatoms. The Labute approximate surface area is 138 Å². The van der Waals surface area contributed by atoms with Crippen LogP contribution in [0.4, 0.5) is 5.69 Å². The summed E-state index contributed by atoms with van der Waals surface area (Å²) < 4.78 is 0. The van der Waals surface area contributed by atoms with Gasteiger partial charge in [-0.25, -0.2) is 9.97 Å². The van der Waals surface area contributed by atoms with Gasteiger partial charge in [-0.15, -0.1) is 0 Å². The highest BCUT2D eigenvalue weighted by molar-refractivity contribution is 5.74. The van der Waals surface area contributed by atoms with E-state index in [1.807, 2.05) is 12.3 Å². The number of benzene rings is 1. The summed E-state index contributed by atoms with van der Waals surface area (Å²) in [5.41, 5.74) is 9.28. The second kappa shape index (κ2) is 6.28. The van der Waals surface area contributed by atoms with Crippen molar-refractivity contribution in [2.24, 2.45) is 5.73 Å². The van der Waals surface area contributed by atoms with Crippen LogP contribution in [0.1, 0.15) is 39.4 Å². The molecule has 1 saturated heterocycles. The lowest BCUT2D eigenvalue weighted by Crippen LogP contribution is -2.40. The SMILES string of the molecule is CC(C)(C)c1ncc(N2CCC(N)CC2)c(-c2ccccc2)n1. The van der Waals surface area contributed by atoms with Gasteiger partial charge in [-0.2, -0.15) is 0 Å². The number of nitrogens with two attached hydrogens (primary N) is 1. The van der Waals surface area contributed by atoms with Crippen molar-refractivity contribution in [2.45, 2.75) is 45.1 Å². The van der Waals surface area contributed by atoms with Crippen molar-refractivity contribution in [1.29, 1.82) is 0 Å². The number of piperidine rings is 1. The maximum absolute atomic E-state index is 6.05. The Morgan fingerprint density at radius 1 is 1.09 bits per heavy atom. The molecule has 2 heterocycles. The van der Waals surface area contributed by atoms with Crippen LogP contribution in [0.25, 0.3) is 11.3 Å². The van der Waals surface area contributed by atoms with Gasteiger partial charge < -0.3 is 10.6 Å². The minimum Gasteiger partial charge on any atom is -0.368 e. The Balaban J connectivity index is 2.05. The second-order valence-electron chi connectivity index (χ2n) is 7.37. The minimum absolute atomic E-state index is 0.0632. The molecule has 3 rings (SSSR count). The van der Waals surface area contributed by atoms with Crippen LogP contribution in [0.2, 0.25) is 0 Å². The van der Waals surface area contributed by atoms with E-state index in [0.29, 0.717) is 6.04 Å². The van der Waals surface area contributed by atoms with E-state index in [-0.39, 0.29) is 5.41 Å². The molecule has 4 nitrogen and oxygen atoms in total. The highest BCUT2D eigenvalue weighted by atomic mass is 15.2. The number of nitrogens with zero attached hydrogens (tertiary/aromatic N) is 3. The Bertz CT molecular complexity index is 653. The Morgan fingerprint density at radius 3 is 2.35 bits per heavy atom. The predicted octanol–water partition coefficient (Wildman–Crippen LogP) is 3.37. The number of hydrogen-bond donors (Lipinski definition) is 1. The fraction of sp³-hybridized carbons (Fsp3) is 0.474. The van der Waals surface area contributed by atoms with Gasteiger partial charge in [0.25, 0.3) is 0 Å². The number of aromatic nitrogens is 2. The standard InChI is InChI=1S/C19H26N4/c1-19(2,3)18-21-13-16(23-11-9-15(20)10-12-23)17(22-18)14-7-5-4-6-8-14/h4-8,13,15H,9-12,20H2,1-3H3. The summed E-state index contributed by atoms with van der Waals surface area (Å²) in [6.07, 6.45) is 4.04. The Kier molecular flexibility index (Phi) is 4.35.